The summed E-state index contributed by atoms with van der Waals surface area (Å²) >= 11 is 0. The van der Waals surface area contributed by atoms with Crippen LogP contribution in [0.1, 0.15) is 12.0 Å². The molecule has 0 spiro atoms. The first-order chi connectivity index (χ1) is 6.26. The van der Waals surface area contributed by atoms with Gasteiger partial charge in [0.05, 0.1) is 6.61 Å². The number of hydrogen-bond donors (Lipinski definition) is 1. The van der Waals surface area contributed by atoms with Gasteiger partial charge in [0.2, 0.25) is 0 Å². The molecular weight excluding hydrogens is 164 g/mol. The van der Waals surface area contributed by atoms with Crippen LogP contribution in [0, 0.1) is 13.8 Å². The first kappa shape index (κ1) is 10.1. The Balaban J connectivity index is 2.58. The highest BCUT2D eigenvalue weighted by atomic mass is 16.5. The van der Waals surface area contributed by atoms with Crippen molar-refractivity contribution in [3.63, 3.8) is 0 Å². The molecule has 0 fully saturated rings. The van der Waals surface area contributed by atoms with Crippen molar-refractivity contribution in [2.75, 3.05) is 6.61 Å². The van der Waals surface area contributed by atoms with Gasteiger partial charge in [-0.3, -0.25) is 0 Å². The maximum absolute atomic E-state index is 8.88. The summed E-state index contributed by atoms with van der Waals surface area (Å²) in [6.07, 6.45) is 0.382. The Morgan fingerprint density at radius 1 is 1.38 bits per heavy atom. The molecule has 1 aromatic rings. The lowest BCUT2D eigenvalue weighted by molar-refractivity contribution is 0.117. The number of aliphatic hydroxyl groups is 1. The van der Waals surface area contributed by atoms with Gasteiger partial charge < -0.3 is 9.84 Å². The van der Waals surface area contributed by atoms with Gasteiger partial charge >= 0.3 is 0 Å². The molecule has 2 heteroatoms. The number of rotatable bonds is 4. The van der Waals surface area contributed by atoms with E-state index >= 15 is 0 Å². The minimum atomic E-state index is -0.192. The summed E-state index contributed by atoms with van der Waals surface area (Å²) in [4.78, 5) is 0. The number of aliphatic hydroxyl groups excluding tert-OH is 1. The Hall–Kier alpha value is -1.02. The van der Waals surface area contributed by atoms with Crippen molar-refractivity contribution in [3.8, 4) is 5.75 Å². The minimum absolute atomic E-state index is 0.0113. The molecule has 0 saturated heterocycles. The average molecular weight is 179 g/mol. The van der Waals surface area contributed by atoms with Crippen LogP contribution in [0.25, 0.3) is 0 Å². The van der Waals surface area contributed by atoms with Gasteiger partial charge in [-0.15, -0.1) is 0 Å². The summed E-state index contributed by atoms with van der Waals surface area (Å²) in [5.41, 5.74) is 1.20. The fourth-order valence-corrected chi connectivity index (χ4v) is 0.997. The molecule has 0 aliphatic heterocycles. The van der Waals surface area contributed by atoms with E-state index in [2.05, 4.69) is 6.92 Å². The van der Waals surface area contributed by atoms with Crippen LogP contribution in [0.3, 0.4) is 0 Å². The van der Waals surface area contributed by atoms with Crippen molar-refractivity contribution in [1.29, 1.82) is 0 Å². The number of hydrogen-bond acceptors (Lipinski definition) is 2. The number of ether oxygens (including phenoxy) is 1. The topological polar surface area (TPSA) is 29.5 Å². The first-order valence-corrected chi connectivity index (χ1v) is 4.39. The summed E-state index contributed by atoms with van der Waals surface area (Å²) in [5, 5.41) is 8.88. The van der Waals surface area contributed by atoms with Crippen molar-refractivity contribution in [1.82, 2.24) is 0 Å². The van der Waals surface area contributed by atoms with E-state index in [0.717, 1.165) is 5.75 Å². The summed E-state index contributed by atoms with van der Waals surface area (Å²) in [5.74, 6) is 0.785. The molecule has 0 bridgehead atoms. The fourth-order valence-electron chi connectivity index (χ4n) is 0.997. The molecule has 0 aromatic heterocycles. The smallest absolute Gasteiger partial charge is 0.122 e. The zero-order valence-corrected chi connectivity index (χ0v) is 7.86. The molecule has 0 aliphatic rings. The van der Waals surface area contributed by atoms with Crippen molar-refractivity contribution < 1.29 is 9.84 Å². The molecule has 0 amide bonds. The molecule has 1 radical (unpaired) electrons. The molecule has 0 saturated carbocycles. The van der Waals surface area contributed by atoms with Crippen LogP contribution in [0.4, 0.5) is 0 Å². The van der Waals surface area contributed by atoms with E-state index < -0.39 is 0 Å². The zero-order valence-electron chi connectivity index (χ0n) is 7.86. The van der Waals surface area contributed by atoms with E-state index in [1.54, 1.807) is 0 Å². The van der Waals surface area contributed by atoms with Crippen LogP contribution in [0.15, 0.2) is 24.3 Å². The molecule has 13 heavy (non-hydrogen) atoms. The maximum atomic E-state index is 8.88. The fraction of sp³-hybridized carbons (Fsp3) is 0.364. The second-order valence-electron chi connectivity index (χ2n) is 3.02. The Morgan fingerprint density at radius 3 is 2.46 bits per heavy atom. The molecule has 1 atom stereocenters. The molecule has 1 unspecified atom stereocenters. The van der Waals surface area contributed by atoms with Gasteiger partial charge in [0.15, 0.2) is 0 Å². The normalized spacial score (nSPS) is 12.5. The summed E-state index contributed by atoms with van der Waals surface area (Å²) in [7, 11) is 0. The van der Waals surface area contributed by atoms with Gasteiger partial charge in [0, 0.05) is 0 Å². The van der Waals surface area contributed by atoms with Gasteiger partial charge in [-0.1, -0.05) is 17.7 Å². The predicted octanol–water partition coefficient (Wildman–Crippen LogP) is 1.96. The molecule has 0 heterocycles. The van der Waals surface area contributed by atoms with Crippen molar-refractivity contribution in [2.45, 2.75) is 19.4 Å². The van der Waals surface area contributed by atoms with Gasteiger partial charge in [-0.05, 0) is 32.4 Å². The average Bonchev–Trinajstić information content (AvgIpc) is 2.17. The van der Waals surface area contributed by atoms with E-state index in [9.17, 15) is 0 Å². The predicted molar refractivity (Wildman–Crippen MR) is 52.7 cm³/mol. The van der Waals surface area contributed by atoms with Crippen molar-refractivity contribution >= 4 is 0 Å². The third-order valence-corrected chi connectivity index (χ3v) is 1.85. The van der Waals surface area contributed by atoms with Gasteiger partial charge in [-0.25, -0.2) is 0 Å². The second kappa shape index (κ2) is 4.87. The third kappa shape index (κ3) is 3.07. The largest absolute Gasteiger partial charge is 0.488 e. The van der Waals surface area contributed by atoms with Crippen LogP contribution in [0.2, 0.25) is 0 Å². The molecule has 0 aliphatic carbocycles. The molecular formula is C11H15O2. The van der Waals surface area contributed by atoms with Gasteiger partial charge in [0.1, 0.15) is 11.9 Å². The van der Waals surface area contributed by atoms with Crippen LogP contribution in [0.5, 0.6) is 5.75 Å². The van der Waals surface area contributed by atoms with Crippen molar-refractivity contribution in [3.05, 3.63) is 36.8 Å². The Morgan fingerprint density at radius 2 is 2.00 bits per heavy atom. The lowest BCUT2D eigenvalue weighted by Crippen LogP contribution is -2.19. The van der Waals surface area contributed by atoms with Crippen molar-refractivity contribution in [2.24, 2.45) is 0 Å². The van der Waals surface area contributed by atoms with E-state index in [4.69, 9.17) is 9.84 Å². The molecule has 1 rings (SSSR count). The SMILES string of the molecule is [CH2]CC(CO)Oc1ccc(C)cc1. The quantitative estimate of drug-likeness (QED) is 0.765. The Bertz CT molecular complexity index is 237. The highest BCUT2D eigenvalue weighted by Gasteiger charge is 2.05. The highest BCUT2D eigenvalue weighted by molar-refractivity contribution is 5.26. The van der Waals surface area contributed by atoms with E-state index in [-0.39, 0.29) is 12.7 Å². The van der Waals surface area contributed by atoms with Crippen LogP contribution in [-0.2, 0) is 0 Å². The van der Waals surface area contributed by atoms with Crippen LogP contribution < -0.4 is 4.74 Å². The number of benzene rings is 1. The molecule has 71 valence electrons. The van der Waals surface area contributed by atoms with Gasteiger partial charge in [-0.2, -0.15) is 0 Å². The lowest BCUT2D eigenvalue weighted by Gasteiger charge is -2.14. The monoisotopic (exact) mass is 179 g/mol. The van der Waals surface area contributed by atoms with Crippen LogP contribution in [-0.4, -0.2) is 17.8 Å². The Kier molecular flexibility index (Phi) is 3.77. The van der Waals surface area contributed by atoms with Crippen LogP contribution >= 0.6 is 0 Å². The third-order valence-electron chi connectivity index (χ3n) is 1.85. The lowest BCUT2D eigenvalue weighted by atomic mass is 10.2. The maximum Gasteiger partial charge on any atom is 0.122 e. The van der Waals surface area contributed by atoms with E-state index in [0.29, 0.717) is 6.42 Å². The Labute approximate surface area is 79.2 Å². The summed E-state index contributed by atoms with van der Waals surface area (Å²) in [6.45, 7) is 5.72. The van der Waals surface area contributed by atoms with E-state index in [1.165, 1.54) is 5.56 Å². The minimum Gasteiger partial charge on any atom is -0.488 e. The summed E-state index contributed by atoms with van der Waals surface area (Å²) < 4.78 is 5.46. The second-order valence-corrected chi connectivity index (χ2v) is 3.02. The standard InChI is InChI=1S/C11H15O2/c1-3-10(8-12)13-11-6-4-9(2)5-7-11/h4-7,10,12H,1,3,8H2,2H3. The highest BCUT2D eigenvalue weighted by Crippen LogP contribution is 2.13. The van der Waals surface area contributed by atoms with Gasteiger partial charge in [0.25, 0.3) is 0 Å². The van der Waals surface area contributed by atoms with E-state index in [1.807, 2.05) is 31.2 Å². The first-order valence-electron chi connectivity index (χ1n) is 4.39. The number of aryl methyl sites for hydroxylation is 1. The molecule has 2 nitrogen and oxygen atoms in total. The molecule has 1 aromatic carbocycles. The molecule has 1 N–H and O–H groups in total. The summed E-state index contributed by atoms with van der Waals surface area (Å²) in [6, 6.07) is 7.75. The zero-order chi connectivity index (χ0) is 9.68.